The topological polar surface area (TPSA) is 40.5 Å². The Balaban J connectivity index is 1.55. The predicted octanol–water partition coefficient (Wildman–Crippen LogP) is 7.00. The van der Waals surface area contributed by atoms with Gasteiger partial charge in [0.25, 0.3) is 0 Å². The fourth-order valence-electron chi connectivity index (χ4n) is 11.6. The molecule has 182 valence electrons. The van der Waals surface area contributed by atoms with E-state index in [0.717, 1.165) is 18.3 Å². The molecule has 0 radical (unpaired) electrons. The largest absolute Gasteiger partial charge is 0.390 e. The highest BCUT2D eigenvalue weighted by atomic mass is 16.3. The SMILES string of the molecule is C=C(C)[C@@H]1CC[C@]2(C)CC[C@]3(C)[C@H](CC[C@H]4[C@@]5(C)C[C@@H](O)[C@@H](O)C(C)(C)[C@@H]5CC[C@]43C)[C@@H]12. The molecule has 5 saturated carbocycles. The molecule has 2 heteroatoms. The minimum absolute atomic E-state index is 0.118. The number of allylic oxidation sites excluding steroid dienone is 1. The Kier molecular flexibility index (Phi) is 5.02. The van der Waals surface area contributed by atoms with Crippen molar-refractivity contribution in [3.8, 4) is 0 Å². The van der Waals surface area contributed by atoms with E-state index < -0.39 is 12.2 Å². The zero-order valence-corrected chi connectivity index (χ0v) is 22.0. The summed E-state index contributed by atoms with van der Waals surface area (Å²) in [4.78, 5) is 0. The Labute approximate surface area is 197 Å². The van der Waals surface area contributed by atoms with Crippen molar-refractivity contribution >= 4 is 0 Å². The molecule has 11 atom stereocenters. The van der Waals surface area contributed by atoms with Crippen molar-refractivity contribution in [2.75, 3.05) is 0 Å². The molecule has 0 bridgehead atoms. The van der Waals surface area contributed by atoms with Crippen LogP contribution in [0, 0.1) is 56.7 Å². The summed E-state index contributed by atoms with van der Waals surface area (Å²) in [5, 5.41) is 21.9. The van der Waals surface area contributed by atoms with E-state index in [1.165, 1.54) is 56.9 Å². The van der Waals surface area contributed by atoms with Crippen molar-refractivity contribution in [1.29, 1.82) is 0 Å². The molecular formula is C30H50O2. The summed E-state index contributed by atoms with van der Waals surface area (Å²) in [6.45, 7) is 21.6. The highest BCUT2D eigenvalue weighted by Gasteiger charge is 2.70. The van der Waals surface area contributed by atoms with Gasteiger partial charge in [0, 0.05) is 0 Å². The molecule has 2 N–H and O–H groups in total. The van der Waals surface area contributed by atoms with Crippen LogP contribution in [0.1, 0.15) is 106 Å². The normalized spacial score (nSPS) is 58.8. The number of aliphatic hydroxyl groups is 2. The first-order chi connectivity index (χ1) is 14.7. The van der Waals surface area contributed by atoms with E-state index in [2.05, 4.69) is 55.0 Å². The zero-order valence-electron chi connectivity index (χ0n) is 22.0. The third-order valence-electron chi connectivity index (χ3n) is 13.4. The van der Waals surface area contributed by atoms with E-state index in [1.807, 2.05) is 0 Å². The van der Waals surface area contributed by atoms with Crippen molar-refractivity contribution < 1.29 is 10.2 Å². The summed E-state index contributed by atoms with van der Waals surface area (Å²) in [5.74, 6) is 3.46. The van der Waals surface area contributed by atoms with Crippen LogP contribution in [0.4, 0.5) is 0 Å². The van der Waals surface area contributed by atoms with Gasteiger partial charge in [-0.15, -0.1) is 0 Å². The second-order valence-corrected chi connectivity index (χ2v) is 14.9. The van der Waals surface area contributed by atoms with Gasteiger partial charge in [0.2, 0.25) is 0 Å². The Morgan fingerprint density at radius 1 is 0.781 bits per heavy atom. The first-order valence-corrected chi connectivity index (χ1v) is 13.7. The van der Waals surface area contributed by atoms with Gasteiger partial charge in [0.05, 0.1) is 12.2 Å². The van der Waals surface area contributed by atoms with Gasteiger partial charge in [-0.05, 0) is 121 Å². The number of hydrogen-bond acceptors (Lipinski definition) is 2. The number of aliphatic hydroxyl groups excluding tert-OH is 2. The molecule has 0 spiro atoms. The predicted molar refractivity (Wildman–Crippen MR) is 132 cm³/mol. The fraction of sp³-hybridized carbons (Fsp3) is 0.933. The number of fused-ring (bicyclic) bond motifs is 7. The van der Waals surface area contributed by atoms with Crippen molar-refractivity contribution in [1.82, 2.24) is 0 Å². The molecule has 0 heterocycles. The summed E-state index contributed by atoms with van der Waals surface area (Å²) < 4.78 is 0. The standard InChI is InChI=1S/C30H50O2/c1-18(2)19-11-13-27(5)15-16-29(7)20(24(19)27)9-10-23-28(6)17-21(31)25(32)26(3,4)22(28)12-14-30(23,29)8/h19-25,31-32H,1,9-17H2,2-8H3/t19-,20+,21+,22-,23-,24+,25+,27+,28-,29+,30+/m0/s1. The van der Waals surface area contributed by atoms with Crippen LogP contribution in [0.2, 0.25) is 0 Å². The maximum absolute atomic E-state index is 11.0. The second-order valence-electron chi connectivity index (χ2n) is 14.9. The summed E-state index contributed by atoms with van der Waals surface area (Å²) in [7, 11) is 0. The Morgan fingerprint density at radius 2 is 1.47 bits per heavy atom. The van der Waals surface area contributed by atoms with Crippen LogP contribution in [0.3, 0.4) is 0 Å². The van der Waals surface area contributed by atoms with E-state index in [9.17, 15) is 10.2 Å². The van der Waals surface area contributed by atoms with Gasteiger partial charge >= 0.3 is 0 Å². The first-order valence-electron chi connectivity index (χ1n) is 13.7. The van der Waals surface area contributed by atoms with Crippen molar-refractivity contribution in [3.05, 3.63) is 12.2 Å². The van der Waals surface area contributed by atoms with Gasteiger partial charge in [0.15, 0.2) is 0 Å². The molecule has 0 aromatic rings. The fourth-order valence-corrected chi connectivity index (χ4v) is 11.6. The van der Waals surface area contributed by atoms with Gasteiger partial charge in [-0.3, -0.25) is 0 Å². The maximum atomic E-state index is 11.0. The van der Waals surface area contributed by atoms with E-state index in [4.69, 9.17) is 0 Å². The first kappa shape index (κ1) is 23.4. The van der Waals surface area contributed by atoms with Gasteiger partial charge < -0.3 is 10.2 Å². The maximum Gasteiger partial charge on any atom is 0.0852 e. The molecule has 0 amide bonds. The van der Waals surface area contributed by atoms with Gasteiger partial charge in [0.1, 0.15) is 0 Å². The highest BCUT2D eigenvalue weighted by molar-refractivity contribution is 5.21. The molecule has 2 nitrogen and oxygen atoms in total. The van der Waals surface area contributed by atoms with Crippen LogP contribution < -0.4 is 0 Å². The molecule has 5 rings (SSSR count). The molecule has 5 fully saturated rings. The van der Waals surface area contributed by atoms with Crippen LogP contribution in [-0.4, -0.2) is 22.4 Å². The molecule has 0 unspecified atom stereocenters. The van der Waals surface area contributed by atoms with Gasteiger partial charge in [-0.1, -0.05) is 53.7 Å². The molecule has 0 saturated heterocycles. The number of rotatable bonds is 1. The molecule has 0 aromatic heterocycles. The molecular weight excluding hydrogens is 392 g/mol. The average Bonchev–Trinajstić information content (AvgIpc) is 3.05. The molecule has 0 aliphatic heterocycles. The van der Waals surface area contributed by atoms with Crippen LogP contribution >= 0.6 is 0 Å². The minimum Gasteiger partial charge on any atom is -0.390 e. The lowest BCUT2D eigenvalue weighted by molar-refractivity contribution is -0.262. The van der Waals surface area contributed by atoms with Gasteiger partial charge in [-0.2, -0.15) is 0 Å². The van der Waals surface area contributed by atoms with Crippen molar-refractivity contribution in [2.45, 2.75) is 118 Å². The number of hydrogen-bond donors (Lipinski definition) is 2. The Bertz CT molecular complexity index is 801. The average molecular weight is 443 g/mol. The summed E-state index contributed by atoms with van der Waals surface area (Å²) in [6, 6.07) is 0. The van der Waals surface area contributed by atoms with Crippen LogP contribution in [-0.2, 0) is 0 Å². The Hall–Kier alpha value is -0.340. The van der Waals surface area contributed by atoms with Crippen LogP contribution in [0.15, 0.2) is 12.2 Å². The van der Waals surface area contributed by atoms with Crippen molar-refractivity contribution in [3.63, 3.8) is 0 Å². The monoisotopic (exact) mass is 442 g/mol. The van der Waals surface area contributed by atoms with Crippen LogP contribution in [0.5, 0.6) is 0 Å². The van der Waals surface area contributed by atoms with E-state index in [-0.39, 0.29) is 10.8 Å². The molecule has 32 heavy (non-hydrogen) atoms. The minimum atomic E-state index is -0.595. The second kappa shape index (κ2) is 6.87. The van der Waals surface area contributed by atoms with E-state index in [1.54, 1.807) is 0 Å². The molecule has 5 aliphatic carbocycles. The van der Waals surface area contributed by atoms with E-state index in [0.29, 0.717) is 34.0 Å². The summed E-state index contributed by atoms with van der Waals surface area (Å²) in [5.41, 5.74) is 2.53. The third-order valence-corrected chi connectivity index (χ3v) is 13.4. The van der Waals surface area contributed by atoms with Gasteiger partial charge in [-0.25, -0.2) is 0 Å². The zero-order chi connectivity index (χ0) is 23.5. The smallest absolute Gasteiger partial charge is 0.0852 e. The quantitative estimate of drug-likeness (QED) is 0.429. The summed E-state index contributed by atoms with van der Waals surface area (Å²) in [6.07, 6.45) is 10.2. The lowest BCUT2D eigenvalue weighted by Crippen LogP contribution is -2.68. The third kappa shape index (κ3) is 2.66. The Morgan fingerprint density at radius 3 is 2.12 bits per heavy atom. The molecule has 0 aromatic carbocycles. The highest BCUT2D eigenvalue weighted by Crippen LogP contribution is 2.77. The van der Waals surface area contributed by atoms with Crippen molar-refractivity contribution in [2.24, 2.45) is 56.7 Å². The molecule has 5 aliphatic rings. The lowest BCUT2D eigenvalue weighted by atomic mass is 9.32. The summed E-state index contributed by atoms with van der Waals surface area (Å²) >= 11 is 0. The van der Waals surface area contributed by atoms with E-state index >= 15 is 0 Å². The van der Waals surface area contributed by atoms with Crippen LogP contribution in [0.25, 0.3) is 0 Å². The lowest BCUT2D eigenvalue weighted by Gasteiger charge is -2.73.